The molecule has 0 radical (unpaired) electrons. The van der Waals surface area contributed by atoms with Gasteiger partial charge in [0.05, 0.1) is 16.4 Å². The molecular formula is C53H42N2. The summed E-state index contributed by atoms with van der Waals surface area (Å²) in [6.07, 6.45) is 8.97. The van der Waals surface area contributed by atoms with Crippen molar-refractivity contribution < 1.29 is 0 Å². The van der Waals surface area contributed by atoms with E-state index in [2.05, 4.69) is 193 Å². The molecule has 7 aromatic carbocycles. The minimum atomic E-state index is -0.324. The monoisotopic (exact) mass is 706 g/mol. The lowest BCUT2D eigenvalue weighted by atomic mass is 9.67. The third kappa shape index (κ3) is 4.55. The van der Waals surface area contributed by atoms with E-state index in [-0.39, 0.29) is 5.41 Å². The first-order valence-electron chi connectivity index (χ1n) is 19.9. The molecule has 2 nitrogen and oxygen atoms in total. The lowest BCUT2D eigenvalue weighted by Gasteiger charge is -2.35. The molecule has 0 N–H and O–H groups in total. The predicted octanol–water partition coefficient (Wildman–Crippen LogP) is 13.8. The van der Waals surface area contributed by atoms with E-state index < -0.39 is 0 Å². The molecule has 0 saturated carbocycles. The average molecular weight is 707 g/mol. The van der Waals surface area contributed by atoms with Crippen molar-refractivity contribution in [2.24, 2.45) is 0 Å². The largest absolute Gasteiger partial charge is 0.310 e. The number of hydrogen-bond acceptors (Lipinski definition) is 1. The summed E-state index contributed by atoms with van der Waals surface area (Å²) in [5, 5.41) is 2.55. The predicted molar refractivity (Wildman–Crippen MR) is 231 cm³/mol. The van der Waals surface area contributed by atoms with Crippen molar-refractivity contribution in [2.75, 3.05) is 4.90 Å². The third-order valence-corrected chi connectivity index (χ3v) is 12.6. The Hall–Kier alpha value is -6.38. The summed E-state index contributed by atoms with van der Waals surface area (Å²) in [6.45, 7) is 4.56. The van der Waals surface area contributed by atoms with Crippen LogP contribution in [0.4, 0.5) is 17.1 Å². The molecular weight excluding hydrogens is 665 g/mol. The second kappa shape index (κ2) is 12.3. The van der Waals surface area contributed by atoms with Crippen LogP contribution < -0.4 is 4.90 Å². The first-order chi connectivity index (χ1) is 27.2. The zero-order chi connectivity index (χ0) is 36.7. The maximum absolute atomic E-state index is 2.54. The zero-order valence-corrected chi connectivity index (χ0v) is 31.4. The smallest absolute Gasteiger partial charge is 0.0689 e. The number of benzene rings is 7. The molecule has 55 heavy (non-hydrogen) atoms. The summed E-state index contributed by atoms with van der Waals surface area (Å²) in [5.41, 5.74) is 20.9. The highest BCUT2D eigenvalue weighted by atomic mass is 15.1. The second-order valence-electron chi connectivity index (χ2n) is 15.3. The van der Waals surface area contributed by atoms with Crippen molar-refractivity contribution in [3.8, 4) is 16.8 Å². The van der Waals surface area contributed by atoms with Gasteiger partial charge in [0.1, 0.15) is 0 Å². The Labute approximate surface area is 323 Å². The Kier molecular flexibility index (Phi) is 7.19. The Morgan fingerprint density at radius 1 is 0.527 bits per heavy atom. The third-order valence-electron chi connectivity index (χ3n) is 12.6. The van der Waals surface area contributed by atoms with Crippen LogP contribution in [-0.2, 0) is 18.3 Å². The van der Waals surface area contributed by atoms with E-state index in [1.807, 2.05) is 0 Å². The van der Waals surface area contributed by atoms with Gasteiger partial charge in [0.2, 0.25) is 0 Å². The number of allylic oxidation sites excluding steroid dienone is 4. The molecule has 0 saturated heterocycles. The Morgan fingerprint density at radius 2 is 1.07 bits per heavy atom. The van der Waals surface area contributed by atoms with Crippen molar-refractivity contribution in [1.82, 2.24) is 4.57 Å². The molecule has 0 amide bonds. The quantitative estimate of drug-likeness (QED) is 0.167. The van der Waals surface area contributed by atoms with Crippen molar-refractivity contribution >= 4 is 44.4 Å². The number of nitrogens with zero attached hydrogens (tertiary/aromatic N) is 2. The minimum Gasteiger partial charge on any atom is -0.310 e. The van der Waals surface area contributed by atoms with Gasteiger partial charge in [-0.25, -0.2) is 0 Å². The summed E-state index contributed by atoms with van der Waals surface area (Å²) < 4.78 is 2.40. The summed E-state index contributed by atoms with van der Waals surface area (Å²) in [4.78, 5) is 2.44. The van der Waals surface area contributed by atoms with E-state index in [1.165, 1.54) is 77.6 Å². The highest BCUT2D eigenvalue weighted by molar-refractivity contribution is 6.09. The average Bonchev–Trinajstić information content (AvgIpc) is 3.85. The SMILES string of the molecule is CCc1ccc2c(c1)C1(C3=C(C=CCC3)c3ccc(N(c4ccccc4)c4ccc(-n5c6ccccc6c6ccccc65)cc4)cc31)c1cc(CC)ccc1-2. The molecule has 0 aliphatic heterocycles. The fourth-order valence-electron chi connectivity index (χ4n) is 10.1. The lowest BCUT2D eigenvalue weighted by molar-refractivity contribution is 0.712. The topological polar surface area (TPSA) is 8.17 Å². The maximum atomic E-state index is 2.54. The standard InChI is InChI=1S/C53H42N2/c1-3-35-22-29-42-43-30-23-36(4-2)33-49(43)53(48(42)32-35)47-19-11-8-16-41(47)44-31-28-40(34-50(44)53)54(37-14-6-5-7-15-37)38-24-26-39(27-25-38)55-51-20-12-9-17-45(51)46-18-10-13-21-52(46)55/h5-10,12-18,20-34H,3-4,11,19H2,1-2H3. The summed E-state index contributed by atoms with van der Waals surface area (Å²) in [7, 11) is 0. The number of aromatic nitrogens is 1. The fraction of sp³-hybridized carbons (Fsp3) is 0.132. The van der Waals surface area contributed by atoms with Crippen LogP contribution in [0.1, 0.15) is 60.1 Å². The van der Waals surface area contributed by atoms with Gasteiger partial charge in [-0.15, -0.1) is 0 Å². The normalized spacial score (nSPS) is 14.7. The van der Waals surface area contributed by atoms with Gasteiger partial charge >= 0.3 is 0 Å². The summed E-state index contributed by atoms with van der Waals surface area (Å²) in [6, 6.07) is 59.4. The second-order valence-corrected chi connectivity index (χ2v) is 15.3. The molecule has 11 rings (SSSR count). The van der Waals surface area contributed by atoms with Gasteiger partial charge in [-0.3, -0.25) is 0 Å². The highest BCUT2D eigenvalue weighted by Gasteiger charge is 2.53. The van der Waals surface area contributed by atoms with Crippen LogP contribution in [-0.4, -0.2) is 4.57 Å². The molecule has 1 heterocycles. The van der Waals surface area contributed by atoms with E-state index in [0.29, 0.717) is 0 Å². The number of anilines is 3. The lowest BCUT2D eigenvalue weighted by Crippen LogP contribution is -2.28. The highest BCUT2D eigenvalue weighted by Crippen LogP contribution is 2.64. The number of aryl methyl sites for hydroxylation is 2. The fourth-order valence-corrected chi connectivity index (χ4v) is 10.1. The van der Waals surface area contributed by atoms with E-state index >= 15 is 0 Å². The molecule has 0 bridgehead atoms. The number of rotatable bonds is 6. The summed E-state index contributed by atoms with van der Waals surface area (Å²) >= 11 is 0. The first-order valence-corrected chi connectivity index (χ1v) is 19.9. The van der Waals surface area contributed by atoms with Crippen LogP contribution in [0, 0.1) is 0 Å². The van der Waals surface area contributed by atoms with Gasteiger partial charge in [-0.05, 0) is 142 Å². The first kappa shape index (κ1) is 32.1. The van der Waals surface area contributed by atoms with E-state index in [9.17, 15) is 0 Å². The molecule has 3 aliphatic rings. The van der Waals surface area contributed by atoms with Crippen LogP contribution in [0.2, 0.25) is 0 Å². The van der Waals surface area contributed by atoms with Crippen LogP contribution >= 0.6 is 0 Å². The van der Waals surface area contributed by atoms with Crippen molar-refractivity contribution in [3.63, 3.8) is 0 Å². The molecule has 0 atom stereocenters. The Bertz CT molecular complexity index is 2780. The molecule has 0 fully saturated rings. The van der Waals surface area contributed by atoms with E-state index in [4.69, 9.17) is 0 Å². The van der Waals surface area contributed by atoms with Crippen molar-refractivity contribution in [3.05, 3.63) is 209 Å². The van der Waals surface area contributed by atoms with Gasteiger partial charge in [-0.1, -0.05) is 123 Å². The van der Waals surface area contributed by atoms with Gasteiger partial charge in [0.25, 0.3) is 0 Å². The zero-order valence-electron chi connectivity index (χ0n) is 31.4. The molecule has 1 spiro atoms. The molecule has 8 aromatic rings. The van der Waals surface area contributed by atoms with E-state index in [1.54, 1.807) is 5.57 Å². The minimum absolute atomic E-state index is 0.324. The van der Waals surface area contributed by atoms with Crippen LogP contribution in [0.25, 0.3) is 44.2 Å². The van der Waals surface area contributed by atoms with Gasteiger partial charge in [0, 0.05) is 33.5 Å². The molecule has 0 unspecified atom stereocenters. The molecule has 1 aromatic heterocycles. The molecule has 3 aliphatic carbocycles. The Balaban J connectivity index is 1.12. The van der Waals surface area contributed by atoms with Crippen LogP contribution in [0.5, 0.6) is 0 Å². The maximum Gasteiger partial charge on any atom is 0.0689 e. The number of hydrogen-bond donors (Lipinski definition) is 0. The van der Waals surface area contributed by atoms with E-state index in [0.717, 1.165) is 42.7 Å². The Morgan fingerprint density at radius 3 is 1.71 bits per heavy atom. The number of para-hydroxylation sites is 3. The molecule has 2 heteroatoms. The van der Waals surface area contributed by atoms with Crippen molar-refractivity contribution in [2.45, 2.75) is 44.9 Å². The molecule has 264 valence electrons. The van der Waals surface area contributed by atoms with Gasteiger partial charge in [-0.2, -0.15) is 0 Å². The summed E-state index contributed by atoms with van der Waals surface area (Å²) in [5.74, 6) is 0. The van der Waals surface area contributed by atoms with Crippen LogP contribution in [0.3, 0.4) is 0 Å². The number of fused-ring (bicyclic) bond motifs is 12. The van der Waals surface area contributed by atoms with Crippen LogP contribution in [0.15, 0.2) is 175 Å². The van der Waals surface area contributed by atoms with Gasteiger partial charge in [0.15, 0.2) is 0 Å². The van der Waals surface area contributed by atoms with Gasteiger partial charge < -0.3 is 9.47 Å². The van der Waals surface area contributed by atoms with Crippen molar-refractivity contribution in [1.29, 1.82) is 0 Å².